The number of aromatic nitrogens is 3. The van der Waals surface area contributed by atoms with E-state index in [0.29, 0.717) is 29.2 Å². The highest BCUT2D eigenvalue weighted by Gasteiger charge is 2.36. The SMILES string of the molecule is COc1cc(OC)cc(C(C(=O)NC2CCCC2)N(CC2CCCO2)C(=O)Cn2nnc3ccccc32)c1. The molecule has 2 atom stereocenters. The lowest BCUT2D eigenvalue weighted by molar-refractivity contribution is -0.143. The summed E-state index contributed by atoms with van der Waals surface area (Å²) >= 11 is 0. The predicted octanol–water partition coefficient (Wildman–Crippen LogP) is 3.26. The molecular formula is C28H35N5O5. The number of nitrogens with zero attached hydrogens (tertiary/aromatic N) is 4. The molecule has 2 amide bonds. The molecule has 5 rings (SSSR count). The molecule has 38 heavy (non-hydrogen) atoms. The first-order chi connectivity index (χ1) is 18.6. The monoisotopic (exact) mass is 521 g/mol. The normalized spacial score (nSPS) is 18.4. The highest BCUT2D eigenvalue weighted by atomic mass is 16.5. The van der Waals surface area contributed by atoms with Crippen LogP contribution in [0.3, 0.4) is 0 Å². The summed E-state index contributed by atoms with van der Waals surface area (Å²) in [7, 11) is 3.13. The van der Waals surface area contributed by atoms with Crippen LogP contribution in [0, 0.1) is 0 Å². The molecule has 3 aromatic rings. The second kappa shape index (κ2) is 11.8. The third-order valence-corrected chi connectivity index (χ3v) is 7.40. The van der Waals surface area contributed by atoms with Gasteiger partial charge in [-0.25, -0.2) is 4.68 Å². The summed E-state index contributed by atoms with van der Waals surface area (Å²) in [5.41, 5.74) is 2.08. The van der Waals surface area contributed by atoms with E-state index in [-0.39, 0.29) is 37.0 Å². The number of carbonyl (C=O) groups excluding carboxylic acids is 2. The summed E-state index contributed by atoms with van der Waals surface area (Å²) in [6.45, 7) is 0.877. The number of fused-ring (bicyclic) bond motifs is 1. The van der Waals surface area contributed by atoms with Crippen molar-refractivity contribution in [1.82, 2.24) is 25.2 Å². The van der Waals surface area contributed by atoms with Crippen molar-refractivity contribution in [2.24, 2.45) is 0 Å². The van der Waals surface area contributed by atoms with Crippen LogP contribution < -0.4 is 14.8 Å². The molecule has 0 radical (unpaired) electrons. The van der Waals surface area contributed by atoms with Crippen molar-refractivity contribution in [2.75, 3.05) is 27.4 Å². The third-order valence-electron chi connectivity index (χ3n) is 7.40. The van der Waals surface area contributed by atoms with Gasteiger partial charge in [0, 0.05) is 25.3 Å². The van der Waals surface area contributed by atoms with Gasteiger partial charge in [0.05, 0.1) is 25.8 Å². The largest absolute Gasteiger partial charge is 0.497 e. The van der Waals surface area contributed by atoms with Crippen molar-refractivity contribution in [3.05, 3.63) is 48.0 Å². The standard InChI is InChI=1S/C28H35N5O5/c1-36-22-14-19(15-23(16-22)37-2)27(28(35)29-20-8-3-4-9-20)32(17-21-10-7-13-38-21)26(34)18-33-25-12-6-5-11-24(25)30-31-33/h5-6,11-12,14-16,20-21,27H,3-4,7-10,13,17-18H2,1-2H3,(H,29,35). The molecule has 0 bridgehead atoms. The smallest absolute Gasteiger partial charge is 0.247 e. The van der Waals surface area contributed by atoms with Gasteiger partial charge in [-0.1, -0.05) is 30.2 Å². The first-order valence-corrected chi connectivity index (χ1v) is 13.3. The van der Waals surface area contributed by atoms with Gasteiger partial charge in [0.1, 0.15) is 29.6 Å². The van der Waals surface area contributed by atoms with Gasteiger partial charge in [-0.05, 0) is 55.5 Å². The molecule has 202 valence electrons. The highest BCUT2D eigenvalue weighted by Crippen LogP contribution is 2.32. The Kier molecular flexibility index (Phi) is 8.07. The molecule has 2 heterocycles. The molecule has 10 heteroatoms. The fourth-order valence-electron chi connectivity index (χ4n) is 5.42. The van der Waals surface area contributed by atoms with E-state index < -0.39 is 6.04 Å². The topological polar surface area (TPSA) is 108 Å². The predicted molar refractivity (Wildman–Crippen MR) is 141 cm³/mol. The number of nitrogens with one attached hydrogen (secondary N) is 1. The number of rotatable bonds is 10. The fraction of sp³-hybridized carbons (Fsp3) is 0.500. The maximum atomic E-state index is 14.0. The first-order valence-electron chi connectivity index (χ1n) is 13.3. The summed E-state index contributed by atoms with van der Waals surface area (Å²) in [6, 6.07) is 12.0. The van der Waals surface area contributed by atoms with Gasteiger partial charge in [0.2, 0.25) is 11.8 Å². The van der Waals surface area contributed by atoms with Gasteiger partial charge in [-0.15, -0.1) is 5.10 Å². The molecule has 1 aliphatic heterocycles. The average molecular weight is 522 g/mol. The zero-order valence-corrected chi connectivity index (χ0v) is 22.0. The van der Waals surface area contributed by atoms with Gasteiger partial charge in [-0.2, -0.15) is 0 Å². The van der Waals surface area contributed by atoms with Crippen molar-refractivity contribution in [3.8, 4) is 11.5 Å². The van der Waals surface area contributed by atoms with Crippen LogP contribution in [0.4, 0.5) is 0 Å². The van der Waals surface area contributed by atoms with E-state index in [1.165, 1.54) is 0 Å². The molecule has 2 aliphatic rings. The Bertz CT molecular complexity index is 1240. The lowest BCUT2D eigenvalue weighted by Crippen LogP contribution is -2.49. The average Bonchev–Trinajstić information content (AvgIpc) is 3.71. The highest BCUT2D eigenvalue weighted by molar-refractivity contribution is 5.89. The van der Waals surface area contributed by atoms with E-state index in [9.17, 15) is 9.59 Å². The van der Waals surface area contributed by atoms with Crippen LogP contribution in [0.15, 0.2) is 42.5 Å². The van der Waals surface area contributed by atoms with E-state index in [4.69, 9.17) is 14.2 Å². The molecule has 1 saturated carbocycles. The van der Waals surface area contributed by atoms with E-state index in [0.717, 1.165) is 44.0 Å². The van der Waals surface area contributed by atoms with Gasteiger partial charge >= 0.3 is 0 Å². The molecule has 10 nitrogen and oxygen atoms in total. The Morgan fingerprint density at radius 1 is 1.08 bits per heavy atom. The molecule has 1 saturated heterocycles. The lowest BCUT2D eigenvalue weighted by Gasteiger charge is -2.34. The summed E-state index contributed by atoms with van der Waals surface area (Å²) in [6.07, 6.45) is 5.64. The number of hydrogen-bond donors (Lipinski definition) is 1. The van der Waals surface area contributed by atoms with Crippen molar-refractivity contribution < 1.29 is 23.8 Å². The first kappa shape index (κ1) is 26.0. The second-order valence-corrected chi connectivity index (χ2v) is 9.96. The molecule has 0 spiro atoms. The minimum atomic E-state index is -0.897. The number of carbonyl (C=O) groups is 2. The Morgan fingerprint density at radius 2 is 1.82 bits per heavy atom. The summed E-state index contributed by atoms with van der Waals surface area (Å²) < 4.78 is 18.5. The number of amides is 2. The maximum absolute atomic E-state index is 14.0. The van der Waals surface area contributed by atoms with Gasteiger partial charge in [0.25, 0.3) is 0 Å². The minimum absolute atomic E-state index is 0.0540. The van der Waals surface area contributed by atoms with Crippen LogP contribution in [0.5, 0.6) is 11.5 Å². The van der Waals surface area contributed by atoms with Gasteiger partial charge in [-0.3, -0.25) is 9.59 Å². The maximum Gasteiger partial charge on any atom is 0.247 e. The van der Waals surface area contributed by atoms with Crippen molar-refractivity contribution >= 4 is 22.8 Å². The van der Waals surface area contributed by atoms with Gasteiger partial charge < -0.3 is 24.4 Å². The molecule has 1 aromatic heterocycles. The number of para-hydroxylation sites is 1. The van der Waals surface area contributed by atoms with Crippen LogP contribution in [0.2, 0.25) is 0 Å². The molecular weight excluding hydrogens is 486 g/mol. The van der Waals surface area contributed by atoms with E-state index >= 15 is 0 Å². The van der Waals surface area contributed by atoms with E-state index in [1.54, 1.807) is 42.0 Å². The quantitative estimate of drug-likeness (QED) is 0.436. The Labute approximate surface area is 222 Å². The number of methoxy groups -OCH3 is 2. The summed E-state index contributed by atoms with van der Waals surface area (Å²) in [5, 5.41) is 11.6. The number of ether oxygens (including phenoxy) is 3. The zero-order valence-electron chi connectivity index (χ0n) is 22.0. The minimum Gasteiger partial charge on any atom is -0.497 e. The van der Waals surface area contributed by atoms with Crippen LogP contribution in [-0.4, -0.2) is 71.2 Å². The van der Waals surface area contributed by atoms with Crippen LogP contribution in [-0.2, 0) is 20.9 Å². The Balaban J connectivity index is 1.53. The molecule has 2 unspecified atom stereocenters. The Hall–Kier alpha value is -3.66. The third kappa shape index (κ3) is 5.75. The van der Waals surface area contributed by atoms with Crippen LogP contribution in [0.25, 0.3) is 11.0 Å². The van der Waals surface area contributed by atoms with Crippen LogP contribution in [0.1, 0.15) is 50.1 Å². The number of hydrogen-bond acceptors (Lipinski definition) is 7. The van der Waals surface area contributed by atoms with Gasteiger partial charge in [0.15, 0.2) is 0 Å². The van der Waals surface area contributed by atoms with E-state index in [1.807, 2.05) is 24.3 Å². The van der Waals surface area contributed by atoms with Crippen molar-refractivity contribution in [1.29, 1.82) is 0 Å². The molecule has 1 aliphatic carbocycles. The molecule has 2 aromatic carbocycles. The van der Waals surface area contributed by atoms with E-state index in [2.05, 4.69) is 15.6 Å². The number of benzene rings is 2. The molecule has 2 fully saturated rings. The fourth-order valence-corrected chi connectivity index (χ4v) is 5.42. The van der Waals surface area contributed by atoms with Crippen LogP contribution >= 0.6 is 0 Å². The molecule has 1 N–H and O–H groups in total. The summed E-state index contributed by atoms with van der Waals surface area (Å²) in [5.74, 6) is 0.626. The summed E-state index contributed by atoms with van der Waals surface area (Å²) in [4.78, 5) is 29.6. The van der Waals surface area contributed by atoms with Crippen molar-refractivity contribution in [3.63, 3.8) is 0 Å². The second-order valence-electron chi connectivity index (χ2n) is 9.96. The Morgan fingerprint density at radius 3 is 2.50 bits per heavy atom. The van der Waals surface area contributed by atoms with Crippen molar-refractivity contribution in [2.45, 2.75) is 63.3 Å². The zero-order chi connectivity index (χ0) is 26.5. The lowest BCUT2D eigenvalue weighted by atomic mass is 10.0.